The first-order valence-corrected chi connectivity index (χ1v) is 5.83. The van der Waals surface area contributed by atoms with Gasteiger partial charge in [0.25, 0.3) is 0 Å². The average molecular weight is 290 g/mol. The van der Waals surface area contributed by atoms with E-state index in [-0.39, 0.29) is 18.4 Å². The Labute approximate surface area is 114 Å². The smallest absolute Gasteiger partial charge is 0.419 e. The molecule has 0 saturated carbocycles. The Morgan fingerprint density at radius 2 is 1.70 bits per heavy atom. The highest BCUT2D eigenvalue weighted by molar-refractivity contribution is 5.35. The quantitative estimate of drug-likeness (QED) is 0.399. The lowest BCUT2D eigenvalue weighted by atomic mass is 10.3. The number of hydrogen-bond acceptors (Lipinski definition) is 2. The van der Waals surface area contributed by atoms with Gasteiger partial charge in [-0.25, -0.2) is 0 Å². The van der Waals surface area contributed by atoms with Crippen molar-refractivity contribution in [2.45, 2.75) is 19.0 Å². The van der Waals surface area contributed by atoms with Gasteiger partial charge in [-0.3, -0.25) is 0 Å². The summed E-state index contributed by atoms with van der Waals surface area (Å²) in [5.74, 6) is -4.18. The van der Waals surface area contributed by atoms with Crippen LogP contribution in [0.5, 0.6) is 11.5 Å². The second kappa shape index (κ2) is 6.98. The summed E-state index contributed by atoms with van der Waals surface area (Å²) in [6.07, 6.45) is -0.688. The first-order chi connectivity index (χ1) is 9.41. The van der Waals surface area contributed by atoms with Crippen molar-refractivity contribution >= 4 is 0 Å². The SMILES string of the molecule is C=CCCCOc1ccc(OC(F)(F)C=C)c(F)c1F. The summed E-state index contributed by atoms with van der Waals surface area (Å²) in [4.78, 5) is 0. The van der Waals surface area contributed by atoms with Crippen LogP contribution in [0.2, 0.25) is 0 Å². The molecule has 0 heterocycles. The lowest BCUT2D eigenvalue weighted by Gasteiger charge is -2.15. The van der Waals surface area contributed by atoms with Crippen LogP contribution in [0.15, 0.2) is 37.4 Å². The Morgan fingerprint density at radius 3 is 2.30 bits per heavy atom. The lowest BCUT2D eigenvalue weighted by molar-refractivity contribution is -0.133. The standard InChI is InChI=1S/C14H14F4O2/c1-3-5-6-9-19-10-7-8-11(13(16)12(10)15)20-14(17,18)4-2/h3-4,7-8H,1-2,5-6,9H2. The van der Waals surface area contributed by atoms with Crippen molar-refractivity contribution in [3.05, 3.63) is 49.1 Å². The van der Waals surface area contributed by atoms with Crippen LogP contribution >= 0.6 is 0 Å². The van der Waals surface area contributed by atoms with E-state index < -0.39 is 23.5 Å². The molecular weight excluding hydrogens is 276 g/mol. The van der Waals surface area contributed by atoms with E-state index in [2.05, 4.69) is 17.9 Å². The van der Waals surface area contributed by atoms with Gasteiger partial charge in [0.2, 0.25) is 11.6 Å². The summed E-state index contributed by atoms with van der Waals surface area (Å²) in [5.41, 5.74) is 0. The maximum atomic E-state index is 13.6. The van der Waals surface area contributed by atoms with Crippen LogP contribution < -0.4 is 9.47 Å². The van der Waals surface area contributed by atoms with Crippen LogP contribution in [0, 0.1) is 11.6 Å². The minimum absolute atomic E-state index is 0.158. The highest BCUT2D eigenvalue weighted by atomic mass is 19.3. The van der Waals surface area contributed by atoms with E-state index in [1.54, 1.807) is 6.08 Å². The van der Waals surface area contributed by atoms with Crippen LogP contribution in [0.1, 0.15) is 12.8 Å². The number of rotatable bonds is 8. The summed E-state index contributed by atoms with van der Waals surface area (Å²) in [5, 5.41) is 0. The van der Waals surface area contributed by atoms with Crippen molar-refractivity contribution in [2.24, 2.45) is 0 Å². The molecule has 0 spiro atoms. The van der Waals surface area contributed by atoms with Gasteiger partial charge in [-0.1, -0.05) is 12.7 Å². The maximum absolute atomic E-state index is 13.6. The zero-order valence-electron chi connectivity index (χ0n) is 10.7. The second-order valence-electron chi connectivity index (χ2n) is 3.84. The number of hydrogen-bond donors (Lipinski definition) is 0. The normalized spacial score (nSPS) is 11.0. The van der Waals surface area contributed by atoms with Gasteiger partial charge in [0.05, 0.1) is 6.61 Å². The summed E-state index contributed by atoms with van der Waals surface area (Å²) in [6.45, 7) is 6.50. The molecule has 20 heavy (non-hydrogen) atoms. The van der Waals surface area contributed by atoms with Crippen molar-refractivity contribution in [1.82, 2.24) is 0 Å². The van der Waals surface area contributed by atoms with E-state index in [9.17, 15) is 17.6 Å². The lowest BCUT2D eigenvalue weighted by Crippen LogP contribution is -2.21. The van der Waals surface area contributed by atoms with Gasteiger partial charge < -0.3 is 9.47 Å². The Kier molecular flexibility index (Phi) is 5.61. The zero-order chi connectivity index (χ0) is 15.2. The van der Waals surface area contributed by atoms with Crippen molar-refractivity contribution in [1.29, 1.82) is 0 Å². The molecule has 0 unspecified atom stereocenters. The fourth-order valence-corrected chi connectivity index (χ4v) is 1.30. The topological polar surface area (TPSA) is 18.5 Å². The molecule has 1 rings (SSSR count). The summed E-state index contributed by atoms with van der Waals surface area (Å²) in [7, 11) is 0. The Hall–Kier alpha value is -1.98. The minimum atomic E-state index is -3.78. The number of halogens is 4. The molecule has 0 aromatic heterocycles. The highest BCUT2D eigenvalue weighted by Gasteiger charge is 2.29. The van der Waals surface area contributed by atoms with E-state index in [1.807, 2.05) is 0 Å². The number of alkyl halides is 2. The van der Waals surface area contributed by atoms with Crippen LogP contribution in [0.25, 0.3) is 0 Å². The molecule has 0 radical (unpaired) electrons. The van der Waals surface area contributed by atoms with Crippen LogP contribution in [0.3, 0.4) is 0 Å². The first-order valence-electron chi connectivity index (χ1n) is 5.83. The summed E-state index contributed by atoms with van der Waals surface area (Å²) < 4.78 is 61.9. The van der Waals surface area contributed by atoms with Gasteiger partial charge in [-0.15, -0.1) is 6.58 Å². The fraction of sp³-hybridized carbons (Fsp3) is 0.286. The molecule has 1 aromatic carbocycles. The average Bonchev–Trinajstić information content (AvgIpc) is 2.42. The Morgan fingerprint density at radius 1 is 1.10 bits per heavy atom. The Bertz CT molecular complexity index is 486. The molecule has 110 valence electrons. The largest absolute Gasteiger partial charge is 0.490 e. The van der Waals surface area contributed by atoms with Gasteiger partial charge >= 0.3 is 6.11 Å². The molecule has 0 saturated heterocycles. The molecule has 0 amide bonds. The fourth-order valence-electron chi connectivity index (χ4n) is 1.30. The third kappa shape index (κ3) is 4.29. The van der Waals surface area contributed by atoms with E-state index >= 15 is 0 Å². The first kappa shape index (κ1) is 16.1. The molecule has 0 aliphatic heterocycles. The monoisotopic (exact) mass is 290 g/mol. The Balaban J connectivity index is 2.81. The molecule has 6 heteroatoms. The number of benzene rings is 1. The van der Waals surface area contributed by atoms with Crippen LogP contribution in [-0.2, 0) is 0 Å². The van der Waals surface area contributed by atoms with Crippen molar-refractivity contribution in [3.63, 3.8) is 0 Å². The number of allylic oxidation sites excluding steroid dienone is 1. The third-order valence-electron chi connectivity index (χ3n) is 2.31. The second-order valence-corrected chi connectivity index (χ2v) is 3.84. The summed E-state index contributed by atoms with van der Waals surface area (Å²) in [6, 6.07) is 1.90. The molecule has 2 nitrogen and oxygen atoms in total. The molecular formula is C14H14F4O2. The van der Waals surface area contributed by atoms with Crippen molar-refractivity contribution in [2.75, 3.05) is 6.61 Å². The van der Waals surface area contributed by atoms with Crippen molar-refractivity contribution < 1.29 is 27.0 Å². The van der Waals surface area contributed by atoms with E-state index in [0.717, 1.165) is 12.1 Å². The number of unbranched alkanes of at least 4 members (excludes halogenated alkanes) is 1. The molecule has 0 N–H and O–H groups in total. The molecule has 0 bridgehead atoms. The number of ether oxygens (including phenoxy) is 2. The molecule has 0 aliphatic rings. The van der Waals surface area contributed by atoms with Gasteiger partial charge in [0.1, 0.15) is 0 Å². The predicted octanol–water partition coefficient (Wildman–Crippen LogP) is 4.47. The van der Waals surface area contributed by atoms with E-state index in [1.165, 1.54) is 0 Å². The van der Waals surface area contributed by atoms with Gasteiger partial charge in [0, 0.05) is 6.08 Å². The molecule has 0 aliphatic carbocycles. The predicted molar refractivity (Wildman–Crippen MR) is 67.1 cm³/mol. The minimum Gasteiger partial charge on any atom is -0.490 e. The molecule has 0 atom stereocenters. The van der Waals surface area contributed by atoms with Crippen LogP contribution in [-0.4, -0.2) is 12.7 Å². The maximum Gasteiger partial charge on any atom is 0.419 e. The van der Waals surface area contributed by atoms with E-state index in [4.69, 9.17) is 4.74 Å². The third-order valence-corrected chi connectivity index (χ3v) is 2.31. The van der Waals surface area contributed by atoms with Crippen LogP contribution in [0.4, 0.5) is 17.6 Å². The van der Waals surface area contributed by atoms with Gasteiger partial charge in [-0.05, 0) is 25.0 Å². The van der Waals surface area contributed by atoms with Gasteiger partial charge in [-0.2, -0.15) is 17.6 Å². The van der Waals surface area contributed by atoms with Crippen molar-refractivity contribution in [3.8, 4) is 11.5 Å². The molecule has 1 aromatic rings. The highest BCUT2D eigenvalue weighted by Crippen LogP contribution is 2.31. The van der Waals surface area contributed by atoms with Gasteiger partial charge in [0.15, 0.2) is 11.5 Å². The molecule has 0 fully saturated rings. The zero-order valence-corrected chi connectivity index (χ0v) is 10.7. The summed E-state index contributed by atoms with van der Waals surface area (Å²) >= 11 is 0. The van der Waals surface area contributed by atoms with E-state index in [0.29, 0.717) is 12.8 Å².